The van der Waals surface area contributed by atoms with Gasteiger partial charge in [-0.25, -0.2) is 0 Å². The molecule has 1 N–H and O–H groups in total. The molecular formula is C37H39FN4O5Si. The van der Waals surface area contributed by atoms with Crippen LogP contribution in [-0.4, -0.2) is 65.3 Å². The summed E-state index contributed by atoms with van der Waals surface area (Å²) in [5.41, 5.74) is 1.04. The smallest absolute Gasteiger partial charge is 0.279 e. The van der Waals surface area contributed by atoms with E-state index in [4.69, 9.17) is 4.74 Å². The van der Waals surface area contributed by atoms with Gasteiger partial charge in [-0.2, -0.15) is 9.78 Å². The average molecular weight is 667 g/mol. The summed E-state index contributed by atoms with van der Waals surface area (Å²) < 4.78 is 24.6. The van der Waals surface area contributed by atoms with Gasteiger partial charge in [0.15, 0.2) is 5.60 Å². The van der Waals surface area contributed by atoms with Crippen LogP contribution in [0.3, 0.4) is 0 Å². The van der Waals surface area contributed by atoms with Crippen molar-refractivity contribution in [1.29, 1.82) is 0 Å². The van der Waals surface area contributed by atoms with Crippen molar-refractivity contribution < 1.29 is 23.5 Å². The van der Waals surface area contributed by atoms with Crippen molar-refractivity contribution in [3.63, 3.8) is 0 Å². The van der Waals surface area contributed by atoms with Gasteiger partial charge in [0.25, 0.3) is 11.5 Å². The molecule has 7 rings (SSSR count). The first kappa shape index (κ1) is 32.1. The highest BCUT2D eigenvalue weighted by Crippen LogP contribution is 2.60. The maximum Gasteiger partial charge on any atom is 0.279 e. The largest absolute Gasteiger partial charge is 0.394 e. The van der Waals surface area contributed by atoms with Crippen molar-refractivity contribution in [2.24, 2.45) is 5.92 Å². The molecule has 4 heterocycles. The zero-order valence-corrected chi connectivity index (χ0v) is 28.3. The monoisotopic (exact) mass is 666 g/mol. The highest BCUT2D eigenvalue weighted by atomic mass is 28.4. The Kier molecular flexibility index (Phi) is 7.96. The third-order valence-electron chi connectivity index (χ3n) is 10.5. The predicted molar refractivity (Wildman–Crippen MR) is 184 cm³/mol. The molecule has 0 unspecified atom stereocenters. The average Bonchev–Trinajstić information content (AvgIpc) is 3.50. The molecule has 1 saturated heterocycles. The number of carbonyl (C=O) groups is 2. The number of aromatic nitrogens is 2. The van der Waals surface area contributed by atoms with E-state index in [9.17, 15) is 19.5 Å². The summed E-state index contributed by atoms with van der Waals surface area (Å²) in [6.07, 6.45) is 2.74. The summed E-state index contributed by atoms with van der Waals surface area (Å²) in [5, 5.41) is 15.9. The zero-order chi connectivity index (χ0) is 34.0. The number of nitrogens with zero attached hydrogens (tertiary/aromatic N) is 4. The fourth-order valence-corrected chi connectivity index (χ4v) is 10.8. The topological polar surface area (TPSA) is 105 Å². The number of benzene rings is 3. The number of aliphatic hydroxyl groups excluding tert-OH is 1. The summed E-state index contributed by atoms with van der Waals surface area (Å²) in [4.78, 5) is 45.4. The predicted octanol–water partition coefficient (Wildman–Crippen LogP) is 5.03. The standard InChI is InChI=1S/C37H39FN4O5Si/c1-5-16-40-31-15-14-27(42-35(45)29-13-9-8-11-25(29)20-39-42)18-30(31)37(36(40)46)23(2)34(48(3,4)38)32(47-37)19-33(44)41-21-26-12-7-6-10-24(26)17-28(41)22-43/h5-15,18,20,23,28,32,34,43H,1,16-17,19,21-22H2,2-4H3/t23-,28+,32+,34-,37+/m1/s1. The van der Waals surface area contributed by atoms with Gasteiger partial charge in [-0.05, 0) is 54.9 Å². The van der Waals surface area contributed by atoms with Crippen molar-refractivity contribution in [3.8, 4) is 5.69 Å². The quantitative estimate of drug-likeness (QED) is 0.169. The van der Waals surface area contributed by atoms with E-state index in [1.54, 1.807) is 65.5 Å². The summed E-state index contributed by atoms with van der Waals surface area (Å²) in [5.74, 6) is -1.23. The first-order valence-electron chi connectivity index (χ1n) is 16.4. The van der Waals surface area contributed by atoms with Crippen LogP contribution < -0.4 is 10.5 Å². The molecule has 4 aromatic rings. The first-order valence-corrected chi connectivity index (χ1v) is 19.3. The Hall–Kier alpha value is -4.45. The van der Waals surface area contributed by atoms with E-state index in [1.807, 2.05) is 43.3 Å². The van der Waals surface area contributed by atoms with Crippen LogP contribution in [-0.2, 0) is 32.9 Å². The van der Waals surface area contributed by atoms with Crippen LogP contribution in [0.2, 0.25) is 18.6 Å². The third kappa shape index (κ3) is 4.94. The molecule has 48 heavy (non-hydrogen) atoms. The second-order valence-corrected chi connectivity index (χ2v) is 17.5. The van der Waals surface area contributed by atoms with Crippen LogP contribution >= 0.6 is 0 Å². The number of halogens is 1. The molecule has 1 spiro atoms. The number of hydrogen-bond donors (Lipinski definition) is 1. The molecule has 0 bridgehead atoms. The number of rotatable bonds is 7. The van der Waals surface area contributed by atoms with Crippen molar-refractivity contribution in [1.82, 2.24) is 14.7 Å². The van der Waals surface area contributed by atoms with E-state index in [2.05, 4.69) is 11.7 Å². The SMILES string of the molecule is C=CCN1C(=O)[C@@]2(O[C@@H](CC(=O)N3Cc4ccccc4C[C@H]3CO)[C@H]([Si](C)(C)F)[C@H]2C)c2cc(-n3ncc4ccccc4c3=O)ccc21. The lowest BCUT2D eigenvalue weighted by molar-refractivity contribution is -0.150. The maximum atomic E-state index is 16.5. The van der Waals surface area contributed by atoms with Crippen molar-refractivity contribution in [2.45, 2.75) is 62.7 Å². The maximum absolute atomic E-state index is 16.5. The molecule has 3 aromatic carbocycles. The molecular weight excluding hydrogens is 628 g/mol. The molecule has 11 heteroatoms. The summed E-state index contributed by atoms with van der Waals surface area (Å²) >= 11 is 0. The summed E-state index contributed by atoms with van der Waals surface area (Å²) in [6, 6.07) is 19.9. The van der Waals surface area contributed by atoms with Gasteiger partial charge in [-0.3, -0.25) is 14.4 Å². The van der Waals surface area contributed by atoms with Crippen LogP contribution in [0.15, 0.2) is 90.4 Å². The molecule has 0 aliphatic carbocycles. The minimum atomic E-state index is -3.56. The lowest BCUT2D eigenvalue weighted by atomic mass is 9.82. The van der Waals surface area contributed by atoms with Crippen LogP contribution in [0.1, 0.15) is 30.0 Å². The van der Waals surface area contributed by atoms with Crippen LogP contribution in [0.25, 0.3) is 16.5 Å². The number of amides is 2. The van der Waals surface area contributed by atoms with E-state index in [0.717, 1.165) is 11.1 Å². The highest BCUT2D eigenvalue weighted by molar-refractivity contribution is 6.72. The fraction of sp³-hybridized carbons (Fsp3) is 0.351. The molecule has 5 atom stereocenters. The minimum absolute atomic E-state index is 0.134. The van der Waals surface area contributed by atoms with E-state index < -0.39 is 37.6 Å². The molecule has 2 amide bonds. The van der Waals surface area contributed by atoms with Gasteiger partial charge in [-0.15, -0.1) is 6.58 Å². The Labute approximate surface area is 279 Å². The summed E-state index contributed by atoms with van der Waals surface area (Å²) in [6.45, 7) is 9.21. The normalized spacial score (nSPS) is 25.1. The Morgan fingerprint density at radius 3 is 2.58 bits per heavy atom. The van der Waals surface area contributed by atoms with Gasteiger partial charge in [0, 0.05) is 35.5 Å². The van der Waals surface area contributed by atoms with E-state index >= 15 is 4.11 Å². The Balaban J connectivity index is 1.30. The van der Waals surface area contributed by atoms with Crippen molar-refractivity contribution in [2.75, 3.05) is 18.1 Å². The Morgan fingerprint density at radius 1 is 1.12 bits per heavy atom. The molecule has 0 radical (unpaired) electrons. The number of ether oxygens (including phenoxy) is 1. The number of fused-ring (bicyclic) bond motifs is 4. The van der Waals surface area contributed by atoms with Gasteiger partial charge in [-0.1, -0.05) is 55.5 Å². The molecule has 9 nitrogen and oxygen atoms in total. The molecule has 248 valence electrons. The second-order valence-electron chi connectivity index (χ2n) is 13.7. The van der Waals surface area contributed by atoms with Gasteiger partial charge in [0.2, 0.25) is 14.3 Å². The minimum Gasteiger partial charge on any atom is -0.394 e. The first-order chi connectivity index (χ1) is 23.0. The number of hydrogen-bond acceptors (Lipinski definition) is 6. The van der Waals surface area contributed by atoms with E-state index in [1.165, 1.54) is 4.68 Å². The lowest BCUT2D eigenvalue weighted by Gasteiger charge is -2.37. The van der Waals surface area contributed by atoms with Crippen molar-refractivity contribution in [3.05, 3.63) is 113 Å². The van der Waals surface area contributed by atoms with Gasteiger partial charge >= 0.3 is 0 Å². The summed E-state index contributed by atoms with van der Waals surface area (Å²) in [7, 11) is -3.56. The molecule has 0 saturated carbocycles. The number of carbonyl (C=O) groups excluding carboxylic acids is 2. The van der Waals surface area contributed by atoms with E-state index in [0.29, 0.717) is 40.7 Å². The van der Waals surface area contributed by atoms with Gasteiger partial charge < -0.3 is 23.8 Å². The number of aliphatic hydroxyl groups is 1. The van der Waals surface area contributed by atoms with E-state index in [-0.39, 0.29) is 36.9 Å². The lowest BCUT2D eigenvalue weighted by Crippen LogP contribution is -2.48. The Morgan fingerprint density at radius 2 is 1.85 bits per heavy atom. The van der Waals surface area contributed by atoms with Crippen LogP contribution in [0, 0.1) is 5.92 Å². The number of anilines is 1. The fourth-order valence-electron chi connectivity index (χ4n) is 8.28. The van der Waals surface area contributed by atoms with Gasteiger partial charge in [0.1, 0.15) is 0 Å². The van der Waals surface area contributed by atoms with Crippen LogP contribution in [0.5, 0.6) is 0 Å². The zero-order valence-electron chi connectivity index (χ0n) is 27.3. The molecule has 1 aromatic heterocycles. The molecule has 3 aliphatic heterocycles. The molecule has 3 aliphatic rings. The van der Waals surface area contributed by atoms with Crippen molar-refractivity contribution >= 4 is 36.7 Å². The van der Waals surface area contributed by atoms with Gasteiger partial charge in [0.05, 0.1) is 48.1 Å². The Bertz CT molecular complexity index is 2010. The van der Waals surface area contributed by atoms with Crippen LogP contribution in [0.4, 0.5) is 9.80 Å². The molecule has 1 fully saturated rings. The highest BCUT2D eigenvalue weighted by Gasteiger charge is 2.67. The third-order valence-corrected chi connectivity index (χ3v) is 12.9. The second kappa shape index (κ2) is 11.9.